The molecule has 1 saturated carbocycles. The molecule has 0 aromatic heterocycles. The lowest BCUT2D eigenvalue weighted by Gasteiger charge is -2.13. The molecule has 3 atom stereocenters. The topological polar surface area (TPSA) is 59.3 Å². The number of hydrogen-bond donors (Lipinski definition) is 0. The van der Waals surface area contributed by atoms with E-state index >= 15 is 0 Å². The summed E-state index contributed by atoms with van der Waals surface area (Å²) < 4.78 is 12.2. The summed E-state index contributed by atoms with van der Waals surface area (Å²) in [6.45, 7) is 4.03. The van der Waals surface area contributed by atoms with Gasteiger partial charge in [-0.05, 0) is 67.5 Å². The van der Waals surface area contributed by atoms with Crippen LogP contribution in [0.25, 0.3) is 0 Å². The van der Waals surface area contributed by atoms with Crippen molar-refractivity contribution in [2.24, 2.45) is 17.3 Å². The van der Waals surface area contributed by atoms with Gasteiger partial charge in [0.15, 0.2) is 0 Å². The molecule has 2 aromatic carbocycles. The van der Waals surface area contributed by atoms with Crippen molar-refractivity contribution in [2.75, 3.05) is 0 Å². The summed E-state index contributed by atoms with van der Waals surface area (Å²) >= 11 is 6.68. The van der Waals surface area contributed by atoms with Crippen LogP contribution in [0.3, 0.4) is 0 Å². The Bertz CT molecular complexity index is 930. The van der Waals surface area contributed by atoms with Gasteiger partial charge in [0.2, 0.25) is 6.10 Å². The summed E-state index contributed by atoms with van der Waals surface area (Å²) in [5.74, 6) is 0.683. The second-order valence-corrected chi connectivity index (χ2v) is 9.99. The Morgan fingerprint density at radius 2 is 1.82 bits per heavy atom. The second kappa shape index (κ2) is 8.50. The molecule has 0 aliphatic heterocycles. The van der Waals surface area contributed by atoms with Crippen LogP contribution >= 0.6 is 31.9 Å². The van der Waals surface area contributed by atoms with E-state index in [1.165, 1.54) is 0 Å². The summed E-state index contributed by atoms with van der Waals surface area (Å²) in [5, 5.41) is 9.56. The average molecular weight is 505 g/mol. The van der Waals surface area contributed by atoms with Crippen molar-refractivity contribution in [2.45, 2.75) is 20.0 Å². The van der Waals surface area contributed by atoms with Crippen LogP contribution in [0.15, 0.2) is 64.1 Å². The van der Waals surface area contributed by atoms with E-state index in [0.717, 1.165) is 3.39 Å². The minimum Gasteiger partial charge on any atom is -0.457 e. The van der Waals surface area contributed by atoms with Crippen LogP contribution in [0.5, 0.6) is 11.5 Å². The second-order valence-electron chi connectivity index (χ2n) is 7.21. The van der Waals surface area contributed by atoms with Gasteiger partial charge in [-0.3, -0.25) is 4.79 Å². The number of allylic oxidation sites excluding steroid dienone is 1. The lowest BCUT2D eigenvalue weighted by Crippen LogP contribution is -2.14. The van der Waals surface area contributed by atoms with E-state index in [4.69, 9.17) is 9.47 Å². The van der Waals surface area contributed by atoms with Gasteiger partial charge >= 0.3 is 5.97 Å². The lowest BCUT2D eigenvalue weighted by molar-refractivity contribution is -0.149. The fraction of sp³-hybridized carbons (Fsp3) is 0.273. The molecule has 1 fully saturated rings. The highest BCUT2D eigenvalue weighted by molar-refractivity contribution is 9.28. The Hall–Kier alpha value is -2.10. The molecule has 0 heterocycles. The molecule has 4 nitrogen and oxygen atoms in total. The first kappa shape index (κ1) is 20.6. The molecule has 1 aliphatic carbocycles. The molecule has 3 rings (SSSR count). The van der Waals surface area contributed by atoms with Crippen molar-refractivity contribution in [1.29, 1.82) is 5.26 Å². The Morgan fingerprint density at radius 3 is 2.46 bits per heavy atom. The number of benzene rings is 2. The first-order valence-corrected chi connectivity index (χ1v) is 10.4. The highest BCUT2D eigenvalue weighted by Gasteiger charge is 2.61. The predicted octanol–water partition coefficient (Wildman–Crippen LogP) is 6.49. The molecule has 0 N–H and O–H groups in total. The summed E-state index contributed by atoms with van der Waals surface area (Å²) in [6, 6.07) is 18.5. The largest absolute Gasteiger partial charge is 0.457 e. The first-order valence-electron chi connectivity index (χ1n) is 8.78. The molecule has 6 heteroatoms. The van der Waals surface area contributed by atoms with E-state index in [1.807, 2.05) is 50.3 Å². The number of carbonyl (C=O) groups is 1. The van der Waals surface area contributed by atoms with Crippen molar-refractivity contribution >= 4 is 37.8 Å². The molecular weight excluding hydrogens is 486 g/mol. The van der Waals surface area contributed by atoms with E-state index in [2.05, 4.69) is 37.9 Å². The van der Waals surface area contributed by atoms with E-state index in [9.17, 15) is 10.1 Å². The standard InChI is InChI=1S/C22H19Br2NO3/c1-22(2)17(12-19(23)24)20(22)21(26)28-18(13-25)14-7-6-10-16(11-14)27-15-8-4-3-5-9-15/h3-12,17-18,20H,1-2H3/t17-,18+,20?/m0/s1. The molecule has 0 bridgehead atoms. The SMILES string of the molecule is CC1(C)C(C(=O)O[C@H](C#N)c2cccc(Oc3ccccc3)c2)[C@@H]1C=C(Br)Br. The molecular formula is C22H19Br2NO3. The summed E-state index contributed by atoms with van der Waals surface area (Å²) in [6.07, 6.45) is 0.960. The molecule has 0 saturated heterocycles. The number of para-hydroxylation sites is 1. The van der Waals surface area contributed by atoms with E-state index < -0.39 is 6.10 Å². The van der Waals surface area contributed by atoms with Crippen LogP contribution in [0.4, 0.5) is 0 Å². The average Bonchev–Trinajstić information content (AvgIpc) is 3.20. The Kier molecular flexibility index (Phi) is 6.26. The fourth-order valence-electron chi connectivity index (χ4n) is 3.30. The van der Waals surface area contributed by atoms with Gasteiger partial charge in [-0.25, -0.2) is 0 Å². The van der Waals surface area contributed by atoms with E-state index in [0.29, 0.717) is 17.1 Å². The maximum Gasteiger partial charge on any atom is 0.311 e. The molecule has 2 aromatic rings. The van der Waals surface area contributed by atoms with Gasteiger partial charge in [0, 0.05) is 5.56 Å². The van der Waals surface area contributed by atoms with Crippen LogP contribution < -0.4 is 4.74 Å². The van der Waals surface area contributed by atoms with Gasteiger partial charge in [-0.1, -0.05) is 50.3 Å². The number of esters is 1. The maximum atomic E-state index is 12.7. The van der Waals surface area contributed by atoms with E-state index in [-0.39, 0.29) is 23.2 Å². The smallest absolute Gasteiger partial charge is 0.311 e. The fourth-order valence-corrected chi connectivity index (χ4v) is 3.87. The zero-order valence-corrected chi connectivity index (χ0v) is 18.6. The highest BCUT2D eigenvalue weighted by Crippen LogP contribution is 2.60. The number of nitrogens with zero attached hydrogens (tertiary/aromatic N) is 1. The van der Waals surface area contributed by atoms with Crippen LogP contribution in [0.1, 0.15) is 25.5 Å². The number of hydrogen-bond acceptors (Lipinski definition) is 4. The van der Waals surface area contributed by atoms with Crippen molar-refractivity contribution in [3.63, 3.8) is 0 Å². The van der Waals surface area contributed by atoms with Gasteiger partial charge in [0.1, 0.15) is 17.6 Å². The van der Waals surface area contributed by atoms with Crippen LogP contribution in [0.2, 0.25) is 0 Å². The summed E-state index contributed by atoms with van der Waals surface area (Å²) in [7, 11) is 0. The molecule has 0 spiro atoms. The molecule has 28 heavy (non-hydrogen) atoms. The zero-order chi connectivity index (χ0) is 20.3. The number of ether oxygens (including phenoxy) is 2. The van der Waals surface area contributed by atoms with Gasteiger partial charge < -0.3 is 9.47 Å². The zero-order valence-electron chi connectivity index (χ0n) is 15.4. The van der Waals surface area contributed by atoms with Gasteiger partial charge in [-0.15, -0.1) is 0 Å². The van der Waals surface area contributed by atoms with Crippen molar-refractivity contribution in [3.8, 4) is 17.6 Å². The van der Waals surface area contributed by atoms with Crippen LogP contribution in [0, 0.1) is 28.6 Å². The van der Waals surface area contributed by atoms with Crippen molar-refractivity contribution in [1.82, 2.24) is 0 Å². The molecule has 1 aliphatic rings. The van der Waals surface area contributed by atoms with Crippen molar-refractivity contribution < 1.29 is 14.3 Å². The van der Waals surface area contributed by atoms with Crippen LogP contribution in [-0.2, 0) is 9.53 Å². The Labute approximate surface area is 181 Å². The third-order valence-electron chi connectivity index (χ3n) is 4.96. The molecule has 0 amide bonds. The van der Waals surface area contributed by atoms with Gasteiger partial charge in [0.05, 0.1) is 9.31 Å². The molecule has 0 radical (unpaired) electrons. The minimum absolute atomic E-state index is 0.0563. The quantitative estimate of drug-likeness (QED) is 0.422. The normalized spacial score (nSPS) is 20.4. The summed E-state index contributed by atoms with van der Waals surface area (Å²) in [5.41, 5.74) is 0.374. The number of carbonyl (C=O) groups excluding carboxylic acids is 1. The molecule has 1 unspecified atom stereocenters. The minimum atomic E-state index is -0.986. The van der Waals surface area contributed by atoms with Crippen LogP contribution in [-0.4, -0.2) is 5.97 Å². The number of rotatable bonds is 6. The van der Waals surface area contributed by atoms with Gasteiger partial charge in [0.25, 0.3) is 0 Å². The monoisotopic (exact) mass is 503 g/mol. The predicted molar refractivity (Wildman–Crippen MR) is 114 cm³/mol. The Balaban J connectivity index is 1.72. The third kappa shape index (κ3) is 4.65. The highest BCUT2D eigenvalue weighted by atomic mass is 79.9. The third-order valence-corrected chi connectivity index (χ3v) is 5.49. The maximum absolute atomic E-state index is 12.7. The first-order chi connectivity index (χ1) is 13.3. The van der Waals surface area contributed by atoms with E-state index in [1.54, 1.807) is 24.3 Å². The lowest BCUT2D eigenvalue weighted by atomic mass is 10.1. The molecule has 144 valence electrons. The number of nitriles is 1. The number of halogens is 2. The summed E-state index contributed by atoms with van der Waals surface area (Å²) in [4.78, 5) is 12.7. The van der Waals surface area contributed by atoms with Gasteiger partial charge in [-0.2, -0.15) is 5.26 Å². The Morgan fingerprint density at radius 1 is 1.14 bits per heavy atom. The van der Waals surface area contributed by atoms with Crippen molar-refractivity contribution in [3.05, 3.63) is 69.6 Å².